The maximum atomic E-state index is 12.2. The Morgan fingerprint density at radius 1 is 1.37 bits per heavy atom. The number of benzene rings is 1. The Kier molecular flexibility index (Phi) is 4.19. The summed E-state index contributed by atoms with van der Waals surface area (Å²) in [6.45, 7) is 4.58. The van der Waals surface area contributed by atoms with Gasteiger partial charge in [0.05, 0.1) is 0 Å². The number of anilines is 1. The third-order valence-electron chi connectivity index (χ3n) is 3.93. The van der Waals surface area contributed by atoms with Crippen molar-refractivity contribution in [2.45, 2.75) is 45.6 Å². The molecule has 1 saturated carbocycles. The van der Waals surface area contributed by atoms with Gasteiger partial charge in [0.2, 0.25) is 0 Å². The summed E-state index contributed by atoms with van der Waals surface area (Å²) in [5.74, 6) is -0.0242. The SMILES string of the molecule is CC1(C)CCC(NC(=O)c2ccc(Br)c(N)c2)CC1. The lowest BCUT2D eigenvalue weighted by atomic mass is 9.75. The number of hydrogen-bond acceptors (Lipinski definition) is 2. The number of halogens is 1. The normalized spacial score (nSPS) is 19.1. The Hall–Kier alpha value is -1.03. The zero-order valence-electron chi connectivity index (χ0n) is 11.5. The highest BCUT2D eigenvalue weighted by molar-refractivity contribution is 9.10. The highest BCUT2D eigenvalue weighted by atomic mass is 79.9. The molecule has 1 amide bonds. The number of amides is 1. The summed E-state index contributed by atoms with van der Waals surface area (Å²) in [7, 11) is 0. The summed E-state index contributed by atoms with van der Waals surface area (Å²) in [5.41, 5.74) is 7.45. The predicted molar refractivity (Wildman–Crippen MR) is 82.1 cm³/mol. The number of nitrogen functional groups attached to an aromatic ring is 1. The van der Waals surface area contributed by atoms with Crippen LogP contribution in [0.5, 0.6) is 0 Å². The Balaban J connectivity index is 1.96. The average molecular weight is 325 g/mol. The van der Waals surface area contributed by atoms with Gasteiger partial charge in [0.25, 0.3) is 5.91 Å². The zero-order chi connectivity index (χ0) is 14.0. The molecule has 1 aliphatic carbocycles. The van der Waals surface area contributed by atoms with E-state index in [-0.39, 0.29) is 5.91 Å². The topological polar surface area (TPSA) is 55.1 Å². The molecule has 3 N–H and O–H groups in total. The van der Waals surface area contributed by atoms with E-state index in [1.165, 1.54) is 12.8 Å². The van der Waals surface area contributed by atoms with Gasteiger partial charge >= 0.3 is 0 Å². The van der Waals surface area contributed by atoms with E-state index in [0.717, 1.165) is 17.3 Å². The van der Waals surface area contributed by atoms with Crippen LogP contribution in [0.25, 0.3) is 0 Å². The molecule has 0 spiro atoms. The Morgan fingerprint density at radius 2 is 2.00 bits per heavy atom. The minimum atomic E-state index is -0.0242. The second kappa shape index (κ2) is 5.53. The molecule has 0 aromatic heterocycles. The highest BCUT2D eigenvalue weighted by Crippen LogP contribution is 2.35. The fourth-order valence-corrected chi connectivity index (χ4v) is 2.74. The molecule has 0 saturated heterocycles. The van der Waals surface area contributed by atoms with Crippen molar-refractivity contribution in [1.29, 1.82) is 0 Å². The zero-order valence-corrected chi connectivity index (χ0v) is 13.1. The van der Waals surface area contributed by atoms with Crippen molar-refractivity contribution in [3.05, 3.63) is 28.2 Å². The average Bonchev–Trinajstić information content (AvgIpc) is 2.35. The van der Waals surface area contributed by atoms with Crippen molar-refractivity contribution in [1.82, 2.24) is 5.32 Å². The molecule has 0 unspecified atom stereocenters. The monoisotopic (exact) mass is 324 g/mol. The van der Waals surface area contributed by atoms with Crippen molar-refractivity contribution in [3.8, 4) is 0 Å². The van der Waals surface area contributed by atoms with Gasteiger partial charge in [-0.25, -0.2) is 0 Å². The molecule has 1 aliphatic rings. The van der Waals surface area contributed by atoms with Gasteiger partial charge in [-0.3, -0.25) is 4.79 Å². The van der Waals surface area contributed by atoms with Gasteiger partial charge in [-0.15, -0.1) is 0 Å². The smallest absolute Gasteiger partial charge is 0.251 e. The number of nitrogens with two attached hydrogens (primary N) is 1. The minimum Gasteiger partial charge on any atom is -0.398 e. The molecule has 0 heterocycles. The number of hydrogen-bond donors (Lipinski definition) is 2. The summed E-state index contributed by atoms with van der Waals surface area (Å²) in [6, 6.07) is 5.62. The fraction of sp³-hybridized carbons (Fsp3) is 0.533. The first kappa shape index (κ1) is 14.4. The first-order valence-corrected chi connectivity index (χ1v) is 7.53. The molecular weight excluding hydrogens is 304 g/mol. The van der Waals surface area contributed by atoms with Crippen molar-refractivity contribution >= 4 is 27.5 Å². The summed E-state index contributed by atoms with van der Waals surface area (Å²) >= 11 is 3.33. The second-order valence-corrected chi connectivity index (χ2v) is 7.00. The molecule has 4 heteroatoms. The lowest BCUT2D eigenvalue weighted by Gasteiger charge is -2.34. The van der Waals surface area contributed by atoms with E-state index >= 15 is 0 Å². The van der Waals surface area contributed by atoms with Crippen molar-refractivity contribution < 1.29 is 4.79 Å². The molecule has 0 atom stereocenters. The molecule has 0 bridgehead atoms. The van der Waals surface area contributed by atoms with E-state index in [4.69, 9.17) is 5.73 Å². The summed E-state index contributed by atoms with van der Waals surface area (Å²) in [4.78, 5) is 12.2. The molecule has 1 fully saturated rings. The molecule has 1 aromatic carbocycles. The van der Waals surface area contributed by atoms with E-state index < -0.39 is 0 Å². The predicted octanol–water partition coefficient (Wildman–Crippen LogP) is 3.73. The van der Waals surface area contributed by atoms with Crippen LogP contribution >= 0.6 is 15.9 Å². The fourth-order valence-electron chi connectivity index (χ4n) is 2.50. The Labute approximate surface area is 123 Å². The first-order chi connectivity index (χ1) is 8.87. The maximum absolute atomic E-state index is 12.2. The molecule has 2 rings (SSSR count). The van der Waals surface area contributed by atoms with E-state index in [1.807, 2.05) is 6.07 Å². The lowest BCUT2D eigenvalue weighted by molar-refractivity contribution is 0.0909. The molecule has 104 valence electrons. The molecule has 19 heavy (non-hydrogen) atoms. The van der Waals surface area contributed by atoms with Crippen LogP contribution in [0.1, 0.15) is 49.9 Å². The molecular formula is C15H21BrN2O. The quantitative estimate of drug-likeness (QED) is 0.814. The van der Waals surface area contributed by atoms with Gasteiger partial charge in [0, 0.05) is 21.8 Å². The van der Waals surface area contributed by atoms with Crippen molar-refractivity contribution in [2.24, 2.45) is 5.41 Å². The maximum Gasteiger partial charge on any atom is 0.251 e. The molecule has 1 aromatic rings. The van der Waals surface area contributed by atoms with Crippen LogP contribution in [-0.4, -0.2) is 11.9 Å². The van der Waals surface area contributed by atoms with E-state index in [1.54, 1.807) is 12.1 Å². The van der Waals surface area contributed by atoms with Crippen LogP contribution < -0.4 is 11.1 Å². The number of nitrogens with one attached hydrogen (secondary N) is 1. The van der Waals surface area contributed by atoms with Gasteiger partial charge in [-0.2, -0.15) is 0 Å². The number of carbonyl (C=O) groups excluding carboxylic acids is 1. The van der Waals surface area contributed by atoms with Crippen LogP contribution in [0, 0.1) is 5.41 Å². The summed E-state index contributed by atoms with van der Waals surface area (Å²) < 4.78 is 0.823. The summed E-state index contributed by atoms with van der Waals surface area (Å²) in [6.07, 6.45) is 4.45. The minimum absolute atomic E-state index is 0.0242. The van der Waals surface area contributed by atoms with E-state index in [2.05, 4.69) is 35.1 Å². The highest BCUT2D eigenvalue weighted by Gasteiger charge is 2.27. The van der Waals surface area contributed by atoms with Gasteiger partial charge in [0.1, 0.15) is 0 Å². The van der Waals surface area contributed by atoms with Crippen LogP contribution in [0.2, 0.25) is 0 Å². The largest absolute Gasteiger partial charge is 0.398 e. The van der Waals surface area contributed by atoms with Crippen LogP contribution in [0.15, 0.2) is 22.7 Å². The lowest BCUT2D eigenvalue weighted by Crippen LogP contribution is -2.39. The number of rotatable bonds is 2. The van der Waals surface area contributed by atoms with Gasteiger partial charge in [-0.05, 0) is 65.2 Å². The van der Waals surface area contributed by atoms with Crippen LogP contribution in [0.4, 0.5) is 5.69 Å². The van der Waals surface area contributed by atoms with E-state index in [9.17, 15) is 4.79 Å². The molecule has 0 radical (unpaired) electrons. The second-order valence-electron chi connectivity index (χ2n) is 6.15. The Morgan fingerprint density at radius 3 is 2.58 bits per heavy atom. The standard InChI is InChI=1S/C15H21BrN2O/c1-15(2)7-5-11(6-8-15)18-14(19)10-3-4-12(16)13(17)9-10/h3-4,9,11H,5-8,17H2,1-2H3,(H,18,19). The van der Waals surface area contributed by atoms with Gasteiger partial charge in [-0.1, -0.05) is 13.8 Å². The van der Waals surface area contributed by atoms with Crippen molar-refractivity contribution in [3.63, 3.8) is 0 Å². The first-order valence-electron chi connectivity index (χ1n) is 6.73. The summed E-state index contributed by atoms with van der Waals surface area (Å²) in [5, 5.41) is 3.11. The third-order valence-corrected chi connectivity index (χ3v) is 4.65. The van der Waals surface area contributed by atoms with Gasteiger partial charge < -0.3 is 11.1 Å². The third kappa shape index (κ3) is 3.72. The van der Waals surface area contributed by atoms with E-state index in [0.29, 0.717) is 22.7 Å². The number of carbonyl (C=O) groups is 1. The molecule has 3 nitrogen and oxygen atoms in total. The Bertz CT molecular complexity index is 475. The van der Waals surface area contributed by atoms with Crippen LogP contribution in [-0.2, 0) is 0 Å². The van der Waals surface area contributed by atoms with Crippen molar-refractivity contribution in [2.75, 3.05) is 5.73 Å². The van der Waals surface area contributed by atoms with Gasteiger partial charge in [0.15, 0.2) is 0 Å². The van der Waals surface area contributed by atoms with Crippen LogP contribution in [0.3, 0.4) is 0 Å². The molecule has 0 aliphatic heterocycles.